The number of ether oxygens (including phenoxy) is 2. The van der Waals surface area contributed by atoms with Gasteiger partial charge in [0, 0.05) is 17.0 Å². The number of para-hydroxylation sites is 1. The van der Waals surface area contributed by atoms with E-state index in [0.29, 0.717) is 22.3 Å². The number of hydrogen-bond acceptors (Lipinski definition) is 4. The molecule has 1 heterocycles. The van der Waals surface area contributed by atoms with Crippen LogP contribution >= 0.6 is 0 Å². The van der Waals surface area contributed by atoms with Crippen molar-refractivity contribution in [2.24, 2.45) is 0 Å². The topological polar surface area (TPSA) is 48.4 Å². The minimum atomic E-state index is -0.804. The molecule has 0 unspecified atom stereocenters. The highest BCUT2D eigenvalue weighted by atomic mass is 19.1. The van der Waals surface area contributed by atoms with Crippen LogP contribution < -0.4 is 4.74 Å². The third-order valence-electron chi connectivity index (χ3n) is 3.18. The lowest BCUT2D eigenvalue weighted by Gasteiger charge is -2.09. The molecule has 0 atom stereocenters. The second-order valence-corrected chi connectivity index (χ2v) is 4.59. The number of nitrogens with zero attached hydrogens (tertiary/aromatic N) is 1. The SMILES string of the molecule is COC(=O)Oc1cc(-c2ccc(F)cc2)nc2ccccc12. The highest BCUT2D eigenvalue weighted by Gasteiger charge is 2.12. The molecule has 1 aromatic heterocycles. The van der Waals surface area contributed by atoms with E-state index >= 15 is 0 Å². The van der Waals surface area contributed by atoms with E-state index in [4.69, 9.17) is 4.74 Å². The van der Waals surface area contributed by atoms with Gasteiger partial charge in [-0.25, -0.2) is 14.2 Å². The summed E-state index contributed by atoms with van der Waals surface area (Å²) >= 11 is 0. The summed E-state index contributed by atoms with van der Waals surface area (Å²) in [6, 6.07) is 14.9. The van der Waals surface area contributed by atoms with Crippen LogP contribution in [-0.2, 0) is 4.74 Å². The Morgan fingerprint density at radius 1 is 1.09 bits per heavy atom. The summed E-state index contributed by atoms with van der Waals surface area (Å²) < 4.78 is 22.8. The van der Waals surface area contributed by atoms with E-state index in [9.17, 15) is 9.18 Å². The van der Waals surface area contributed by atoms with Gasteiger partial charge in [-0.2, -0.15) is 0 Å². The molecule has 2 aromatic carbocycles. The average molecular weight is 297 g/mol. The van der Waals surface area contributed by atoms with Gasteiger partial charge in [0.2, 0.25) is 0 Å². The van der Waals surface area contributed by atoms with E-state index in [1.165, 1.54) is 19.2 Å². The first kappa shape index (κ1) is 14.0. The number of halogens is 1. The van der Waals surface area contributed by atoms with Crippen molar-refractivity contribution in [3.8, 4) is 17.0 Å². The number of fused-ring (bicyclic) bond motifs is 1. The molecule has 0 spiro atoms. The van der Waals surface area contributed by atoms with E-state index in [-0.39, 0.29) is 5.82 Å². The molecule has 0 aliphatic heterocycles. The molecule has 3 aromatic rings. The number of rotatable bonds is 2. The van der Waals surface area contributed by atoms with Crippen molar-refractivity contribution < 1.29 is 18.7 Å². The Labute approximate surface area is 126 Å². The number of carbonyl (C=O) groups is 1. The lowest BCUT2D eigenvalue weighted by molar-refractivity contribution is 0.122. The van der Waals surface area contributed by atoms with Gasteiger partial charge < -0.3 is 9.47 Å². The monoisotopic (exact) mass is 297 g/mol. The van der Waals surface area contributed by atoms with E-state index in [1.54, 1.807) is 24.3 Å². The normalized spacial score (nSPS) is 10.5. The lowest BCUT2D eigenvalue weighted by Crippen LogP contribution is -2.08. The molecule has 0 fully saturated rings. The van der Waals surface area contributed by atoms with Gasteiger partial charge in [0.1, 0.15) is 11.6 Å². The fourth-order valence-electron chi connectivity index (χ4n) is 2.13. The van der Waals surface area contributed by atoms with Crippen LogP contribution in [0.5, 0.6) is 5.75 Å². The van der Waals surface area contributed by atoms with Gasteiger partial charge in [-0.1, -0.05) is 12.1 Å². The van der Waals surface area contributed by atoms with Crippen molar-refractivity contribution >= 4 is 17.1 Å². The third-order valence-corrected chi connectivity index (χ3v) is 3.18. The second-order valence-electron chi connectivity index (χ2n) is 4.59. The summed E-state index contributed by atoms with van der Waals surface area (Å²) in [7, 11) is 1.24. The maximum absolute atomic E-state index is 13.0. The molecule has 0 amide bonds. The van der Waals surface area contributed by atoms with Crippen molar-refractivity contribution in [3.63, 3.8) is 0 Å². The molecule has 3 rings (SSSR count). The van der Waals surface area contributed by atoms with Crippen LogP contribution in [0.15, 0.2) is 54.6 Å². The van der Waals surface area contributed by atoms with E-state index in [1.807, 2.05) is 18.2 Å². The molecule has 0 saturated heterocycles. The fourth-order valence-corrected chi connectivity index (χ4v) is 2.13. The smallest absolute Gasteiger partial charge is 0.437 e. The maximum atomic E-state index is 13.0. The fraction of sp³-hybridized carbons (Fsp3) is 0.0588. The van der Waals surface area contributed by atoms with E-state index in [2.05, 4.69) is 9.72 Å². The number of pyridine rings is 1. The van der Waals surface area contributed by atoms with Crippen LogP contribution in [0.1, 0.15) is 0 Å². The van der Waals surface area contributed by atoms with Gasteiger partial charge in [-0.05, 0) is 36.4 Å². The minimum Gasteiger partial charge on any atom is -0.437 e. The third kappa shape index (κ3) is 2.74. The maximum Gasteiger partial charge on any atom is 0.513 e. The summed E-state index contributed by atoms with van der Waals surface area (Å²) in [4.78, 5) is 15.9. The summed E-state index contributed by atoms with van der Waals surface area (Å²) in [5.41, 5.74) is 1.97. The summed E-state index contributed by atoms with van der Waals surface area (Å²) in [5.74, 6) is 0.0207. The first-order valence-corrected chi connectivity index (χ1v) is 6.59. The van der Waals surface area contributed by atoms with Crippen LogP contribution in [0.4, 0.5) is 9.18 Å². The van der Waals surface area contributed by atoms with Crippen LogP contribution in [0, 0.1) is 5.82 Å². The predicted octanol–water partition coefficient (Wildman–Crippen LogP) is 4.19. The van der Waals surface area contributed by atoms with Crippen molar-refractivity contribution in [2.45, 2.75) is 0 Å². The zero-order chi connectivity index (χ0) is 15.5. The molecule has 110 valence electrons. The lowest BCUT2D eigenvalue weighted by atomic mass is 10.1. The Morgan fingerprint density at radius 2 is 1.82 bits per heavy atom. The van der Waals surface area contributed by atoms with Gasteiger partial charge in [0.05, 0.1) is 18.3 Å². The zero-order valence-electron chi connectivity index (χ0n) is 11.7. The van der Waals surface area contributed by atoms with Crippen molar-refractivity contribution in [2.75, 3.05) is 7.11 Å². The van der Waals surface area contributed by atoms with Crippen molar-refractivity contribution in [3.05, 3.63) is 60.4 Å². The Hall–Kier alpha value is -2.95. The molecule has 0 N–H and O–H groups in total. The Balaban J connectivity index is 2.15. The zero-order valence-corrected chi connectivity index (χ0v) is 11.7. The van der Waals surface area contributed by atoms with Gasteiger partial charge in [-0.15, -0.1) is 0 Å². The molecular weight excluding hydrogens is 285 g/mol. The number of hydrogen-bond donors (Lipinski definition) is 0. The quantitative estimate of drug-likeness (QED) is 0.666. The standard InChI is InChI=1S/C17H12FNO3/c1-21-17(20)22-16-10-15(11-6-8-12(18)9-7-11)19-14-5-3-2-4-13(14)16/h2-10H,1H3. The second kappa shape index (κ2) is 5.81. The average Bonchev–Trinajstić information content (AvgIpc) is 2.55. The molecule has 0 aliphatic rings. The Bertz CT molecular complexity index is 831. The summed E-state index contributed by atoms with van der Waals surface area (Å²) in [6.45, 7) is 0. The molecule has 5 heteroatoms. The number of aromatic nitrogens is 1. The molecule has 22 heavy (non-hydrogen) atoms. The van der Waals surface area contributed by atoms with Crippen LogP contribution in [0.2, 0.25) is 0 Å². The summed E-state index contributed by atoms with van der Waals surface area (Å²) in [5, 5.41) is 0.693. The van der Waals surface area contributed by atoms with E-state index < -0.39 is 6.16 Å². The Morgan fingerprint density at radius 3 is 2.55 bits per heavy atom. The minimum absolute atomic E-state index is 0.324. The van der Waals surface area contributed by atoms with Crippen molar-refractivity contribution in [1.29, 1.82) is 0 Å². The highest BCUT2D eigenvalue weighted by Crippen LogP contribution is 2.30. The highest BCUT2D eigenvalue weighted by molar-refractivity contribution is 5.89. The molecule has 0 aliphatic carbocycles. The molecule has 0 bridgehead atoms. The van der Waals surface area contributed by atoms with Crippen LogP contribution in [0.3, 0.4) is 0 Å². The molecule has 0 radical (unpaired) electrons. The number of methoxy groups -OCH3 is 1. The first-order valence-electron chi connectivity index (χ1n) is 6.59. The first-order chi connectivity index (χ1) is 10.7. The Kier molecular flexibility index (Phi) is 3.70. The van der Waals surface area contributed by atoms with Crippen LogP contribution in [0.25, 0.3) is 22.2 Å². The molecular formula is C17H12FNO3. The van der Waals surface area contributed by atoms with Crippen molar-refractivity contribution in [1.82, 2.24) is 4.98 Å². The van der Waals surface area contributed by atoms with Crippen LogP contribution in [-0.4, -0.2) is 18.2 Å². The molecule has 4 nitrogen and oxygen atoms in total. The van der Waals surface area contributed by atoms with Gasteiger partial charge in [0.15, 0.2) is 0 Å². The summed E-state index contributed by atoms with van der Waals surface area (Å²) in [6.07, 6.45) is -0.804. The van der Waals surface area contributed by atoms with Gasteiger partial charge >= 0.3 is 6.16 Å². The number of benzene rings is 2. The number of carbonyl (C=O) groups excluding carboxylic acids is 1. The largest absolute Gasteiger partial charge is 0.513 e. The predicted molar refractivity (Wildman–Crippen MR) is 80.2 cm³/mol. The van der Waals surface area contributed by atoms with Gasteiger partial charge in [0.25, 0.3) is 0 Å². The van der Waals surface area contributed by atoms with Gasteiger partial charge in [-0.3, -0.25) is 0 Å². The molecule has 0 saturated carbocycles. The van der Waals surface area contributed by atoms with E-state index in [0.717, 1.165) is 5.56 Å².